The van der Waals surface area contributed by atoms with E-state index in [-0.39, 0.29) is 12.6 Å². The fourth-order valence-electron chi connectivity index (χ4n) is 0.843. The number of rotatable bonds is 8. The highest BCUT2D eigenvalue weighted by atomic mass is 32.2. The number of hydrogen-bond donors (Lipinski definition) is 3. The Morgan fingerprint density at radius 2 is 2.06 bits per heavy atom. The van der Waals surface area contributed by atoms with Gasteiger partial charge in [0.15, 0.2) is 0 Å². The molecule has 0 bridgehead atoms. The Hall–Kier alpha value is -1.17. The lowest BCUT2D eigenvalue weighted by Crippen LogP contribution is -2.44. The highest BCUT2D eigenvalue weighted by Gasteiger charge is 2.27. The first kappa shape index (κ1) is 15.8. The van der Waals surface area contributed by atoms with Gasteiger partial charge in [-0.1, -0.05) is 6.08 Å². The topological polar surface area (TPSA) is 78.4 Å². The second-order valence-corrected chi connectivity index (χ2v) is 5.31. The third kappa shape index (κ3) is 7.68. The smallest absolute Gasteiger partial charge is 0.314 e. The monoisotopic (exact) mass is 260 g/mol. The molecule has 0 atom stereocenters. The SMILES string of the molecule is C=CCSCCNC(=O)NCC(C)(C)C(=O)O. The molecule has 0 aliphatic carbocycles. The molecule has 6 heteroatoms. The summed E-state index contributed by atoms with van der Waals surface area (Å²) in [6.07, 6.45) is 1.81. The molecule has 0 spiro atoms. The van der Waals surface area contributed by atoms with E-state index >= 15 is 0 Å². The molecule has 0 aromatic heterocycles. The number of thioether (sulfide) groups is 1. The maximum Gasteiger partial charge on any atom is 0.314 e. The maximum absolute atomic E-state index is 11.3. The minimum Gasteiger partial charge on any atom is -0.481 e. The van der Waals surface area contributed by atoms with Crippen molar-refractivity contribution in [1.82, 2.24) is 10.6 Å². The summed E-state index contributed by atoms with van der Waals surface area (Å²) >= 11 is 1.67. The number of carboxylic acid groups (broad SMARTS) is 1. The molecular weight excluding hydrogens is 240 g/mol. The van der Waals surface area contributed by atoms with E-state index in [2.05, 4.69) is 17.2 Å². The molecule has 98 valence electrons. The van der Waals surface area contributed by atoms with Crippen LogP contribution in [0.2, 0.25) is 0 Å². The van der Waals surface area contributed by atoms with Crippen molar-refractivity contribution < 1.29 is 14.7 Å². The van der Waals surface area contributed by atoms with Gasteiger partial charge in [-0.05, 0) is 13.8 Å². The highest BCUT2D eigenvalue weighted by molar-refractivity contribution is 7.99. The van der Waals surface area contributed by atoms with Crippen LogP contribution in [-0.2, 0) is 4.79 Å². The molecule has 0 aliphatic rings. The molecule has 0 aromatic carbocycles. The summed E-state index contributed by atoms with van der Waals surface area (Å²) < 4.78 is 0. The van der Waals surface area contributed by atoms with Gasteiger partial charge in [0, 0.05) is 24.6 Å². The number of aliphatic carboxylic acids is 1. The van der Waals surface area contributed by atoms with E-state index in [1.54, 1.807) is 31.7 Å². The first-order valence-electron chi connectivity index (χ1n) is 5.34. The van der Waals surface area contributed by atoms with E-state index in [9.17, 15) is 9.59 Å². The number of amides is 2. The van der Waals surface area contributed by atoms with Gasteiger partial charge in [0.1, 0.15) is 0 Å². The van der Waals surface area contributed by atoms with Crippen molar-refractivity contribution in [1.29, 1.82) is 0 Å². The lowest BCUT2D eigenvalue weighted by Gasteiger charge is -2.19. The van der Waals surface area contributed by atoms with E-state index in [4.69, 9.17) is 5.11 Å². The second-order valence-electron chi connectivity index (χ2n) is 4.16. The van der Waals surface area contributed by atoms with Crippen molar-refractivity contribution in [2.75, 3.05) is 24.6 Å². The zero-order valence-corrected chi connectivity index (χ0v) is 11.1. The van der Waals surface area contributed by atoms with E-state index in [1.165, 1.54) is 0 Å². The molecule has 0 aromatic rings. The molecule has 0 radical (unpaired) electrons. The largest absolute Gasteiger partial charge is 0.481 e. The van der Waals surface area contributed by atoms with Crippen LogP contribution in [0.25, 0.3) is 0 Å². The lowest BCUT2D eigenvalue weighted by atomic mass is 9.94. The molecule has 0 heterocycles. The van der Waals surface area contributed by atoms with Crippen molar-refractivity contribution in [3.63, 3.8) is 0 Å². The number of hydrogen-bond acceptors (Lipinski definition) is 3. The average molecular weight is 260 g/mol. The number of nitrogens with one attached hydrogen (secondary N) is 2. The van der Waals surface area contributed by atoms with Crippen LogP contribution in [0, 0.1) is 5.41 Å². The molecule has 3 N–H and O–H groups in total. The average Bonchev–Trinajstić information content (AvgIpc) is 2.26. The Morgan fingerprint density at radius 1 is 1.41 bits per heavy atom. The van der Waals surface area contributed by atoms with Crippen LogP contribution in [0.1, 0.15) is 13.8 Å². The van der Waals surface area contributed by atoms with Gasteiger partial charge in [0.2, 0.25) is 0 Å². The van der Waals surface area contributed by atoms with Gasteiger partial charge in [-0.3, -0.25) is 4.79 Å². The van der Waals surface area contributed by atoms with Gasteiger partial charge < -0.3 is 15.7 Å². The first-order chi connectivity index (χ1) is 7.90. The Morgan fingerprint density at radius 3 is 2.59 bits per heavy atom. The fourth-order valence-corrected chi connectivity index (χ4v) is 1.42. The van der Waals surface area contributed by atoms with Gasteiger partial charge >= 0.3 is 12.0 Å². The molecule has 0 saturated carbocycles. The van der Waals surface area contributed by atoms with Crippen molar-refractivity contribution in [3.8, 4) is 0 Å². The van der Waals surface area contributed by atoms with E-state index in [0.717, 1.165) is 11.5 Å². The predicted molar refractivity (Wildman–Crippen MR) is 70.3 cm³/mol. The molecule has 17 heavy (non-hydrogen) atoms. The van der Waals surface area contributed by atoms with Crippen molar-refractivity contribution in [2.24, 2.45) is 5.41 Å². The molecular formula is C11H20N2O3S. The van der Waals surface area contributed by atoms with Gasteiger partial charge in [0.25, 0.3) is 0 Å². The number of urea groups is 1. The standard InChI is InChI=1S/C11H20N2O3S/c1-4-6-17-7-5-12-10(16)13-8-11(2,3)9(14)15/h4H,1,5-8H2,2-3H3,(H,14,15)(H2,12,13,16). The fraction of sp³-hybridized carbons (Fsp3) is 0.636. The summed E-state index contributed by atoms with van der Waals surface area (Å²) in [6.45, 7) is 7.38. The molecule has 5 nitrogen and oxygen atoms in total. The number of carbonyl (C=O) groups is 2. The minimum atomic E-state index is -0.949. The van der Waals surface area contributed by atoms with Crippen LogP contribution >= 0.6 is 11.8 Å². The van der Waals surface area contributed by atoms with Gasteiger partial charge in [-0.15, -0.1) is 6.58 Å². The molecule has 0 unspecified atom stereocenters. The number of carbonyl (C=O) groups excluding carboxylic acids is 1. The Bertz CT molecular complexity index is 280. The van der Waals surface area contributed by atoms with E-state index < -0.39 is 11.4 Å². The van der Waals surface area contributed by atoms with Crippen molar-refractivity contribution in [3.05, 3.63) is 12.7 Å². The molecule has 0 rings (SSSR count). The highest BCUT2D eigenvalue weighted by Crippen LogP contribution is 2.12. The van der Waals surface area contributed by atoms with Crippen LogP contribution in [0.4, 0.5) is 4.79 Å². The minimum absolute atomic E-state index is 0.105. The van der Waals surface area contributed by atoms with Gasteiger partial charge in [-0.2, -0.15) is 11.8 Å². The Labute approximate surface area is 106 Å². The molecule has 0 aliphatic heterocycles. The summed E-state index contributed by atoms with van der Waals surface area (Å²) in [5, 5.41) is 14.0. The van der Waals surface area contributed by atoms with E-state index in [0.29, 0.717) is 6.54 Å². The summed E-state index contributed by atoms with van der Waals surface area (Å²) in [6, 6.07) is -0.335. The summed E-state index contributed by atoms with van der Waals surface area (Å²) in [4.78, 5) is 22.1. The van der Waals surface area contributed by atoms with Gasteiger partial charge in [-0.25, -0.2) is 4.79 Å². The zero-order chi connectivity index (χ0) is 13.3. The van der Waals surface area contributed by atoms with Crippen LogP contribution in [-0.4, -0.2) is 41.7 Å². The normalized spacial score (nSPS) is 10.7. The van der Waals surface area contributed by atoms with Crippen LogP contribution < -0.4 is 10.6 Å². The molecule has 0 saturated heterocycles. The van der Waals surface area contributed by atoms with Gasteiger partial charge in [0.05, 0.1) is 5.41 Å². The van der Waals surface area contributed by atoms with Crippen LogP contribution in [0.5, 0.6) is 0 Å². The second kappa shape index (κ2) is 8.00. The quantitative estimate of drug-likeness (QED) is 0.454. The van der Waals surface area contributed by atoms with Crippen LogP contribution in [0.3, 0.4) is 0 Å². The Kier molecular flexibility index (Phi) is 7.45. The summed E-state index contributed by atoms with van der Waals surface area (Å²) in [7, 11) is 0. The van der Waals surface area contributed by atoms with Crippen LogP contribution in [0.15, 0.2) is 12.7 Å². The maximum atomic E-state index is 11.3. The summed E-state index contributed by atoms with van der Waals surface area (Å²) in [5.41, 5.74) is -0.949. The molecule has 2 amide bonds. The third-order valence-electron chi connectivity index (χ3n) is 2.04. The van der Waals surface area contributed by atoms with Crippen molar-refractivity contribution in [2.45, 2.75) is 13.8 Å². The first-order valence-corrected chi connectivity index (χ1v) is 6.49. The van der Waals surface area contributed by atoms with Crippen molar-refractivity contribution >= 4 is 23.8 Å². The lowest BCUT2D eigenvalue weighted by molar-refractivity contribution is -0.146. The zero-order valence-electron chi connectivity index (χ0n) is 10.3. The summed E-state index contributed by atoms with van der Waals surface area (Å²) in [5.74, 6) is 0.733. The van der Waals surface area contributed by atoms with E-state index in [1.807, 2.05) is 0 Å². The number of carboxylic acids is 1. The predicted octanol–water partition coefficient (Wildman–Crippen LogP) is 1.32. The molecule has 0 fully saturated rings. The third-order valence-corrected chi connectivity index (χ3v) is 3.00. The Balaban J connectivity index is 3.66.